The molecule has 0 saturated carbocycles. The van der Waals surface area contributed by atoms with Crippen molar-refractivity contribution in [2.45, 2.75) is 13.1 Å². The Balaban J connectivity index is 1.90. The van der Waals surface area contributed by atoms with Crippen molar-refractivity contribution in [2.24, 2.45) is 5.73 Å². The Kier molecular flexibility index (Phi) is 3.35. The van der Waals surface area contributed by atoms with Crippen LogP contribution in [0.2, 0.25) is 5.02 Å². The Morgan fingerprint density at radius 2 is 2.12 bits per heavy atom. The van der Waals surface area contributed by atoms with Crippen molar-refractivity contribution in [3.63, 3.8) is 0 Å². The molecule has 3 aromatic rings. The number of amides is 2. The van der Waals surface area contributed by atoms with Crippen LogP contribution in [-0.2, 0) is 13.1 Å². The smallest absolute Gasteiger partial charge is 0.407 e. The number of primary amides is 1. The van der Waals surface area contributed by atoms with E-state index >= 15 is 0 Å². The Morgan fingerprint density at radius 3 is 2.84 bits per heavy atom. The number of aromatic nitrogens is 5. The number of nitrogens with two attached hydrogens (primary N) is 1. The molecule has 0 unspecified atom stereocenters. The lowest BCUT2D eigenvalue weighted by molar-refractivity contribution is 0.0993. The molecule has 0 radical (unpaired) electrons. The van der Waals surface area contributed by atoms with Crippen LogP contribution >= 0.6 is 11.6 Å². The minimum Gasteiger partial charge on any atom is -0.465 e. The number of carbonyl (C=O) groups excluding carboxylic acids is 1. The van der Waals surface area contributed by atoms with Gasteiger partial charge in [0.25, 0.3) is 5.91 Å². The number of pyridine rings is 1. The molecule has 2 amide bonds. The third kappa shape index (κ3) is 2.38. The van der Waals surface area contributed by atoms with E-state index in [-0.39, 0.29) is 18.7 Å². The van der Waals surface area contributed by atoms with Gasteiger partial charge in [-0.1, -0.05) is 11.6 Å². The summed E-state index contributed by atoms with van der Waals surface area (Å²) in [5, 5.41) is 21.7. The number of rotatable bonds is 2. The summed E-state index contributed by atoms with van der Waals surface area (Å²) in [7, 11) is 0. The summed E-state index contributed by atoms with van der Waals surface area (Å²) in [5.74, 6) is -0.677. The van der Waals surface area contributed by atoms with Crippen LogP contribution in [0.25, 0.3) is 16.9 Å². The van der Waals surface area contributed by atoms with Gasteiger partial charge in [-0.3, -0.25) is 13.9 Å². The first kappa shape index (κ1) is 15.4. The number of halogens is 1. The second-order valence-corrected chi connectivity index (χ2v) is 6.01. The highest BCUT2D eigenvalue weighted by atomic mass is 35.5. The highest BCUT2D eigenvalue weighted by molar-refractivity contribution is 6.33. The summed E-state index contributed by atoms with van der Waals surface area (Å²) >= 11 is 6.22. The van der Waals surface area contributed by atoms with Gasteiger partial charge < -0.3 is 15.7 Å². The van der Waals surface area contributed by atoms with Crippen molar-refractivity contribution in [2.75, 3.05) is 6.54 Å². The SMILES string of the molecule is NC(=O)c1c(-c2cc(Cl)c3nncn3c2)nn2c1CN(C(=O)O)CC2. The lowest BCUT2D eigenvalue weighted by atomic mass is 10.1. The molecule has 0 bridgehead atoms. The summed E-state index contributed by atoms with van der Waals surface area (Å²) in [6, 6.07) is 1.63. The first-order valence-corrected chi connectivity index (χ1v) is 7.70. The molecule has 0 aliphatic carbocycles. The van der Waals surface area contributed by atoms with Crippen molar-refractivity contribution in [3.8, 4) is 11.3 Å². The van der Waals surface area contributed by atoms with Gasteiger partial charge in [0.2, 0.25) is 0 Å². The highest BCUT2D eigenvalue weighted by Gasteiger charge is 2.29. The second kappa shape index (κ2) is 5.45. The Morgan fingerprint density at radius 1 is 1.32 bits per heavy atom. The van der Waals surface area contributed by atoms with E-state index in [1.807, 2.05) is 0 Å². The number of hydrogen-bond donors (Lipinski definition) is 2. The minimum absolute atomic E-state index is 0.0449. The Hall–Kier alpha value is -3.14. The summed E-state index contributed by atoms with van der Waals surface area (Å²) in [4.78, 5) is 24.5. The first-order chi connectivity index (χ1) is 12.0. The molecule has 11 heteroatoms. The van der Waals surface area contributed by atoms with Crippen molar-refractivity contribution in [1.29, 1.82) is 0 Å². The average Bonchev–Trinajstić information content (AvgIpc) is 3.18. The van der Waals surface area contributed by atoms with Crippen LogP contribution in [0.15, 0.2) is 18.6 Å². The Labute approximate surface area is 145 Å². The topological polar surface area (TPSA) is 132 Å². The largest absolute Gasteiger partial charge is 0.465 e. The summed E-state index contributed by atoms with van der Waals surface area (Å²) in [5.41, 5.74) is 7.61. The van der Waals surface area contributed by atoms with Crippen LogP contribution in [0.3, 0.4) is 0 Å². The maximum atomic E-state index is 12.0. The number of fused-ring (bicyclic) bond motifs is 2. The molecule has 25 heavy (non-hydrogen) atoms. The van der Waals surface area contributed by atoms with Crippen molar-refractivity contribution >= 4 is 29.2 Å². The van der Waals surface area contributed by atoms with Crippen molar-refractivity contribution < 1.29 is 14.7 Å². The van der Waals surface area contributed by atoms with Crippen molar-refractivity contribution in [1.82, 2.24) is 29.3 Å². The Bertz CT molecular complexity index is 1030. The maximum absolute atomic E-state index is 12.0. The summed E-state index contributed by atoms with van der Waals surface area (Å²) < 4.78 is 3.23. The van der Waals surface area contributed by atoms with Crippen LogP contribution in [0, 0.1) is 0 Å². The fraction of sp³-hybridized carbons (Fsp3) is 0.214. The number of hydrogen-bond acceptors (Lipinski definition) is 5. The van der Waals surface area contributed by atoms with Gasteiger partial charge >= 0.3 is 6.09 Å². The zero-order valence-corrected chi connectivity index (χ0v) is 13.5. The standard InChI is InChI=1S/C14H12ClN7O3/c15-8-3-7(4-21-6-17-18-13(8)21)11-10(12(16)23)9-5-20(14(24)25)1-2-22(9)19-11/h3-4,6H,1-2,5H2,(H2,16,23)(H,24,25). The van der Waals surface area contributed by atoms with Gasteiger partial charge in [-0.2, -0.15) is 5.10 Å². The normalized spacial score (nSPS) is 13.9. The van der Waals surface area contributed by atoms with E-state index < -0.39 is 12.0 Å². The molecular formula is C14H12ClN7O3. The highest BCUT2D eigenvalue weighted by Crippen LogP contribution is 2.30. The zero-order chi connectivity index (χ0) is 17.7. The summed E-state index contributed by atoms with van der Waals surface area (Å²) in [6.07, 6.45) is 2.12. The first-order valence-electron chi connectivity index (χ1n) is 7.32. The molecule has 4 rings (SSSR count). The number of nitrogens with zero attached hydrogens (tertiary/aromatic N) is 6. The second-order valence-electron chi connectivity index (χ2n) is 5.60. The molecule has 0 saturated heterocycles. The molecule has 3 N–H and O–H groups in total. The van der Waals surface area contributed by atoms with E-state index in [1.165, 1.54) is 11.2 Å². The molecule has 0 spiro atoms. The molecule has 3 aromatic heterocycles. The van der Waals surface area contributed by atoms with E-state index in [0.717, 1.165) is 0 Å². The van der Waals surface area contributed by atoms with Gasteiger partial charge in [-0.05, 0) is 6.07 Å². The molecule has 0 atom stereocenters. The molecular weight excluding hydrogens is 350 g/mol. The van der Waals surface area contributed by atoms with Gasteiger partial charge in [0.05, 0.1) is 29.4 Å². The van der Waals surface area contributed by atoms with E-state index in [2.05, 4.69) is 15.3 Å². The van der Waals surface area contributed by atoms with Crippen LogP contribution in [-0.4, -0.2) is 52.9 Å². The van der Waals surface area contributed by atoms with E-state index in [4.69, 9.17) is 17.3 Å². The molecule has 4 heterocycles. The molecule has 1 aliphatic heterocycles. The monoisotopic (exact) mass is 361 g/mol. The number of carbonyl (C=O) groups is 2. The van der Waals surface area contributed by atoms with Gasteiger partial charge in [0.15, 0.2) is 5.65 Å². The lowest BCUT2D eigenvalue weighted by Crippen LogP contribution is -2.38. The van der Waals surface area contributed by atoms with E-state index in [0.29, 0.717) is 34.2 Å². The lowest BCUT2D eigenvalue weighted by Gasteiger charge is -2.25. The summed E-state index contributed by atoms with van der Waals surface area (Å²) in [6.45, 7) is 0.667. The molecule has 10 nitrogen and oxygen atoms in total. The average molecular weight is 362 g/mol. The van der Waals surface area contributed by atoms with Crippen LogP contribution < -0.4 is 5.73 Å². The molecule has 0 fully saturated rings. The third-order valence-corrected chi connectivity index (χ3v) is 4.40. The maximum Gasteiger partial charge on any atom is 0.407 e. The van der Waals surface area contributed by atoms with Gasteiger partial charge in [0.1, 0.15) is 12.0 Å². The van der Waals surface area contributed by atoms with Crippen molar-refractivity contribution in [3.05, 3.63) is 34.9 Å². The minimum atomic E-state index is -1.06. The van der Waals surface area contributed by atoms with Crippen LogP contribution in [0.1, 0.15) is 16.1 Å². The van der Waals surface area contributed by atoms with Crippen LogP contribution in [0.5, 0.6) is 0 Å². The van der Waals surface area contributed by atoms with Gasteiger partial charge in [-0.15, -0.1) is 10.2 Å². The quantitative estimate of drug-likeness (QED) is 0.695. The predicted octanol–water partition coefficient (Wildman–Crippen LogP) is 0.839. The molecule has 1 aliphatic rings. The fourth-order valence-electron chi connectivity index (χ4n) is 2.97. The fourth-order valence-corrected chi connectivity index (χ4v) is 3.22. The van der Waals surface area contributed by atoms with E-state index in [9.17, 15) is 14.7 Å². The molecule has 128 valence electrons. The third-order valence-electron chi connectivity index (χ3n) is 4.12. The molecule has 0 aromatic carbocycles. The number of carboxylic acid groups (broad SMARTS) is 1. The van der Waals surface area contributed by atoms with Gasteiger partial charge in [0, 0.05) is 18.3 Å². The van der Waals surface area contributed by atoms with Crippen LogP contribution in [0.4, 0.5) is 4.79 Å². The zero-order valence-electron chi connectivity index (χ0n) is 12.8. The predicted molar refractivity (Wildman–Crippen MR) is 86.2 cm³/mol. The van der Waals surface area contributed by atoms with E-state index in [1.54, 1.807) is 21.3 Å². The van der Waals surface area contributed by atoms with Gasteiger partial charge in [-0.25, -0.2) is 4.79 Å².